The largest absolute Gasteiger partial charge is 0.380 e. The van der Waals surface area contributed by atoms with E-state index in [0.29, 0.717) is 6.61 Å². The van der Waals surface area contributed by atoms with E-state index in [1.165, 1.54) is 5.52 Å². The van der Waals surface area contributed by atoms with E-state index >= 15 is 0 Å². The van der Waals surface area contributed by atoms with Gasteiger partial charge in [-0.3, -0.25) is 4.79 Å². The predicted octanol–water partition coefficient (Wildman–Crippen LogP) is 2.92. The molecule has 126 valence electrons. The van der Waals surface area contributed by atoms with E-state index in [-0.39, 0.29) is 5.91 Å². The normalized spacial score (nSPS) is 11.0. The van der Waals surface area contributed by atoms with Gasteiger partial charge < -0.3 is 14.6 Å². The molecule has 1 heterocycles. The van der Waals surface area contributed by atoms with Crippen molar-refractivity contribution in [2.75, 3.05) is 19.8 Å². The number of aryl methyl sites for hydroxylation is 1. The van der Waals surface area contributed by atoms with Gasteiger partial charge in [-0.25, -0.2) is 4.98 Å². The van der Waals surface area contributed by atoms with E-state index in [1.807, 2.05) is 13.0 Å². The summed E-state index contributed by atoms with van der Waals surface area (Å²) in [6, 6.07) is 8.26. The predicted molar refractivity (Wildman–Crippen MR) is 92.5 cm³/mol. The van der Waals surface area contributed by atoms with E-state index in [0.717, 1.165) is 56.7 Å². The minimum Gasteiger partial charge on any atom is -0.380 e. The van der Waals surface area contributed by atoms with Crippen LogP contribution in [-0.2, 0) is 22.5 Å². The second-order valence-electron chi connectivity index (χ2n) is 5.66. The quantitative estimate of drug-likeness (QED) is 0.686. The summed E-state index contributed by atoms with van der Waals surface area (Å²) >= 11 is 0. The summed E-state index contributed by atoms with van der Waals surface area (Å²) in [5.41, 5.74) is 2.23. The van der Waals surface area contributed by atoms with Gasteiger partial charge in [-0.1, -0.05) is 18.6 Å². The number of fused-ring (bicyclic) bond motifs is 1. The molecule has 1 aromatic carbocycles. The molecular weight excluding hydrogens is 290 g/mol. The van der Waals surface area contributed by atoms with Crippen LogP contribution >= 0.6 is 0 Å². The molecule has 0 fully saturated rings. The van der Waals surface area contributed by atoms with Gasteiger partial charge in [0, 0.05) is 33.0 Å². The summed E-state index contributed by atoms with van der Waals surface area (Å²) in [6.07, 6.45) is 4.14. The van der Waals surface area contributed by atoms with Gasteiger partial charge in [0.15, 0.2) is 0 Å². The van der Waals surface area contributed by atoms with Gasteiger partial charge in [0.1, 0.15) is 5.82 Å². The Morgan fingerprint density at radius 2 is 2.09 bits per heavy atom. The van der Waals surface area contributed by atoms with Gasteiger partial charge in [-0.15, -0.1) is 0 Å². The number of carbonyl (C=O) groups is 1. The molecule has 0 aliphatic carbocycles. The number of hydrogen-bond donors (Lipinski definition) is 1. The Kier molecular flexibility index (Phi) is 7.07. The number of rotatable bonds is 10. The fourth-order valence-electron chi connectivity index (χ4n) is 2.72. The average Bonchev–Trinajstić information content (AvgIpc) is 2.89. The van der Waals surface area contributed by atoms with Crippen molar-refractivity contribution < 1.29 is 9.53 Å². The van der Waals surface area contributed by atoms with Crippen LogP contribution in [0.1, 0.15) is 38.9 Å². The van der Waals surface area contributed by atoms with E-state index < -0.39 is 0 Å². The molecule has 0 saturated carbocycles. The fraction of sp³-hybridized carbons (Fsp3) is 0.556. The van der Waals surface area contributed by atoms with Crippen LogP contribution in [0.5, 0.6) is 0 Å². The molecule has 1 amide bonds. The Bertz CT molecular complexity index is 622. The molecule has 2 rings (SSSR count). The third-order valence-electron chi connectivity index (χ3n) is 3.85. The summed E-state index contributed by atoms with van der Waals surface area (Å²) < 4.78 is 7.78. The monoisotopic (exact) mass is 317 g/mol. The van der Waals surface area contributed by atoms with E-state index in [9.17, 15) is 4.79 Å². The highest BCUT2D eigenvalue weighted by Crippen LogP contribution is 2.17. The van der Waals surface area contributed by atoms with E-state index in [4.69, 9.17) is 9.72 Å². The van der Waals surface area contributed by atoms with Crippen LogP contribution in [0.3, 0.4) is 0 Å². The summed E-state index contributed by atoms with van der Waals surface area (Å²) in [5, 5.41) is 2.84. The minimum atomic E-state index is 0.0442. The van der Waals surface area contributed by atoms with Crippen molar-refractivity contribution in [2.45, 2.75) is 46.1 Å². The zero-order valence-electron chi connectivity index (χ0n) is 14.2. The zero-order valence-corrected chi connectivity index (χ0v) is 14.2. The average molecular weight is 317 g/mol. The number of benzene rings is 1. The van der Waals surface area contributed by atoms with Gasteiger partial charge in [0.05, 0.1) is 17.6 Å². The number of nitrogens with one attached hydrogen (secondary N) is 1. The standard InChI is InChI=1S/C18H27N3O2/c1-3-23-14-13-21-17-10-7-6-9-16(17)20-18(21)11-5-4-8-12-19-15(2)22/h6-7,9-10H,3-5,8,11-14H2,1-2H3,(H,19,22). The smallest absolute Gasteiger partial charge is 0.216 e. The van der Waals surface area contributed by atoms with Crippen molar-refractivity contribution in [1.29, 1.82) is 0 Å². The fourth-order valence-corrected chi connectivity index (χ4v) is 2.72. The number of hydrogen-bond acceptors (Lipinski definition) is 3. The molecule has 0 aliphatic rings. The Labute approximate surface area is 138 Å². The van der Waals surface area contributed by atoms with Crippen LogP contribution in [0.15, 0.2) is 24.3 Å². The minimum absolute atomic E-state index is 0.0442. The lowest BCUT2D eigenvalue weighted by Crippen LogP contribution is -2.20. The summed E-state index contributed by atoms with van der Waals surface area (Å²) in [7, 11) is 0. The van der Waals surface area contributed by atoms with E-state index in [2.05, 4.69) is 28.1 Å². The SMILES string of the molecule is CCOCCn1c(CCCCCNC(C)=O)nc2ccccc21. The first kappa shape index (κ1) is 17.5. The summed E-state index contributed by atoms with van der Waals surface area (Å²) in [5.74, 6) is 1.17. The first-order valence-corrected chi connectivity index (χ1v) is 8.48. The number of nitrogens with zero attached hydrogens (tertiary/aromatic N) is 2. The molecule has 0 bridgehead atoms. The van der Waals surface area contributed by atoms with Crippen molar-refractivity contribution >= 4 is 16.9 Å². The molecule has 0 unspecified atom stereocenters. The van der Waals surface area contributed by atoms with Crippen molar-refractivity contribution in [3.05, 3.63) is 30.1 Å². The highest BCUT2D eigenvalue weighted by Gasteiger charge is 2.09. The summed E-state index contributed by atoms with van der Waals surface area (Å²) in [6.45, 7) is 6.63. The van der Waals surface area contributed by atoms with Crippen LogP contribution in [0.4, 0.5) is 0 Å². The van der Waals surface area contributed by atoms with Crippen molar-refractivity contribution in [1.82, 2.24) is 14.9 Å². The molecule has 5 nitrogen and oxygen atoms in total. The number of para-hydroxylation sites is 2. The maximum atomic E-state index is 10.8. The molecule has 1 aromatic heterocycles. The van der Waals surface area contributed by atoms with Crippen LogP contribution in [-0.4, -0.2) is 35.2 Å². The maximum absolute atomic E-state index is 10.8. The molecule has 0 atom stereocenters. The third-order valence-corrected chi connectivity index (χ3v) is 3.85. The second-order valence-corrected chi connectivity index (χ2v) is 5.66. The first-order chi connectivity index (χ1) is 11.2. The van der Waals surface area contributed by atoms with Crippen LogP contribution in [0, 0.1) is 0 Å². The molecule has 5 heteroatoms. The Hall–Kier alpha value is -1.88. The Morgan fingerprint density at radius 1 is 1.26 bits per heavy atom. The van der Waals surface area contributed by atoms with Gasteiger partial charge in [0.25, 0.3) is 0 Å². The molecule has 1 N–H and O–H groups in total. The Balaban J connectivity index is 1.92. The van der Waals surface area contributed by atoms with Crippen molar-refractivity contribution in [3.63, 3.8) is 0 Å². The number of imidazole rings is 1. The van der Waals surface area contributed by atoms with Crippen molar-refractivity contribution in [2.24, 2.45) is 0 Å². The molecule has 0 spiro atoms. The highest BCUT2D eigenvalue weighted by atomic mass is 16.5. The number of ether oxygens (including phenoxy) is 1. The van der Waals surface area contributed by atoms with Gasteiger partial charge in [0.2, 0.25) is 5.91 Å². The molecule has 23 heavy (non-hydrogen) atoms. The zero-order chi connectivity index (χ0) is 16.5. The van der Waals surface area contributed by atoms with Crippen molar-refractivity contribution in [3.8, 4) is 0 Å². The molecular formula is C18H27N3O2. The Morgan fingerprint density at radius 3 is 2.87 bits per heavy atom. The van der Waals surface area contributed by atoms with Crippen LogP contribution in [0.25, 0.3) is 11.0 Å². The number of carbonyl (C=O) groups excluding carboxylic acids is 1. The third kappa shape index (κ3) is 5.36. The lowest BCUT2D eigenvalue weighted by molar-refractivity contribution is -0.118. The lowest BCUT2D eigenvalue weighted by atomic mass is 10.2. The first-order valence-electron chi connectivity index (χ1n) is 8.48. The van der Waals surface area contributed by atoms with Gasteiger partial charge >= 0.3 is 0 Å². The van der Waals surface area contributed by atoms with Crippen LogP contribution in [0.2, 0.25) is 0 Å². The number of aromatic nitrogens is 2. The topological polar surface area (TPSA) is 56.1 Å². The maximum Gasteiger partial charge on any atom is 0.216 e. The molecule has 0 aliphatic heterocycles. The van der Waals surface area contributed by atoms with Crippen LogP contribution < -0.4 is 5.32 Å². The van der Waals surface area contributed by atoms with E-state index in [1.54, 1.807) is 6.92 Å². The number of amides is 1. The molecule has 0 radical (unpaired) electrons. The second kappa shape index (κ2) is 9.30. The lowest BCUT2D eigenvalue weighted by Gasteiger charge is -2.09. The molecule has 2 aromatic rings. The van der Waals surface area contributed by atoms with Gasteiger partial charge in [-0.2, -0.15) is 0 Å². The summed E-state index contributed by atoms with van der Waals surface area (Å²) in [4.78, 5) is 15.6. The molecule has 0 saturated heterocycles. The van der Waals surface area contributed by atoms with Gasteiger partial charge in [-0.05, 0) is 31.9 Å². The highest BCUT2D eigenvalue weighted by molar-refractivity contribution is 5.75. The number of unbranched alkanes of at least 4 members (excludes halogenated alkanes) is 2.